The lowest BCUT2D eigenvalue weighted by Crippen LogP contribution is -2.12. The number of hydrogen-bond donors (Lipinski definition) is 1. The van der Waals surface area contributed by atoms with Gasteiger partial charge in [0.15, 0.2) is 0 Å². The first-order valence-electron chi connectivity index (χ1n) is 5.02. The van der Waals surface area contributed by atoms with Crippen LogP contribution >= 0.6 is 11.8 Å². The molecule has 0 bridgehead atoms. The molecule has 1 aromatic carbocycles. The molecule has 2 heteroatoms. The molecule has 1 nitrogen and oxygen atoms in total. The molecule has 1 atom stereocenters. The fraction of sp³-hybridized carbons (Fsp3) is 0.500. The number of benzene rings is 1. The van der Waals surface area contributed by atoms with Crippen molar-refractivity contribution in [3.63, 3.8) is 0 Å². The molecule has 0 amide bonds. The molecule has 0 radical (unpaired) electrons. The number of hydrogen-bond acceptors (Lipinski definition) is 2. The van der Waals surface area contributed by atoms with Crippen LogP contribution in [0, 0.1) is 13.8 Å². The van der Waals surface area contributed by atoms with Crippen molar-refractivity contribution in [2.75, 3.05) is 6.54 Å². The molecule has 0 heterocycles. The van der Waals surface area contributed by atoms with Gasteiger partial charge < -0.3 is 5.73 Å². The summed E-state index contributed by atoms with van der Waals surface area (Å²) in [5, 5.41) is 0.550. The third-order valence-electron chi connectivity index (χ3n) is 2.49. The third kappa shape index (κ3) is 3.03. The highest BCUT2D eigenvalue weighted by Crippen LogP contribution is 2.22. The first-order valence-corrected chi connectivity index (χ1v) is 6.06. The van der Waals surface area contributed by atoms with E-state index in [9.17, 15) is 0 Å². The lowest BCUT2D eigenvalue weighted by atomic mass is 10.1. The Morgan fingerprint density at radius 2 is 1.86 bits per heavy atom. The van der Waals surface area contributed by atoms with Gasteiger partial charge in [0.05, 0.1) is 0 Å². The van der Waals surface area contributed by atoms with Gasteiger partial charge in [0.25, 0.3) is 0 Å². The van der Waals surface area contributed by atoms with Gasteiger partial charge in [0, 0.05) is 17.5 Å². The van der Waals surface area contributed by atoms with E-state index in [4.69, 9.17) is 5.73 Å². The summed E-state index contributed by atoms with van der Waals surface area (Å²) in [6.45, 7) is 7.29. The summed E-state index contributed by atoms with van der Waals surface area (Å²) in [6.07, 6.45) is 0. The fourth-order valence-corrected chi connectivity index (χ4v) is 2.41. The fourth-order valence-electron chi connectivity index (χ4n) is 1.37. The van der Waals surface area contributed by atoms with Crippen molar-refractivity contribution in [2.45, 2.75) is 31.8 Å². The predicted molar refractivity (Wildman–Crippen MR) is 65.7 cm³/mol. The van der Waals surface area contributed by atoms with Crippen LogP contribution < -0.4 is 5.73 Å². The van der Waals surface area contributed by atoms with Gasteiger partial charge in [-0.05, 0) is 30.5 Å². The average molecular weight is 209 g/mol. The van der Waals surface area contributed by atoms with Crippen molar-refractivity contribution in [1.29, 1.82) is 0 Å². The van der Waals surface area contributed by atoms with Crippen molar-refractivity contribution in [3.05, 3.63) is 34.9 Å². The molecule has 14 heavy (non-hydrogen) atoms. The van der Waals surface area contributed by atoms with Gasteiger partial charge in [-0.3, -0.25) is 0 Å². The average Bonchev–Trinajstić information content (AvgIpc) is 2.16. The number of thioether (sulfide) groups is 1. The summed E-state index contributed by atoms with van der Waals surface area (Å²) >= 11 is 1.93. The zero-order chi connectivity index (χ0) is 10.6. The molecular weight excluding hydrogens is 190 g/mol. The molecule has 0 fully saturated rings. The van der Waals surface area contributed by atoms with Crippen LogP contribution in [-0.4, -0.2) is 11.8 Å². The summed E-state index contributed by atoms with van der Waals surface area (Å²) in [5.74, 6) is 1.08. The van der Waals surface area contributed by atoms with Gasteiger partial charge >= 0.3 is 0 Å². The molecule has 0 aliphatic carbocycles. The van der Waals surface area contributed by atoms with E-state index in [1.54, 1.807) is 0 Å². The Kier molecular flexibility index (Phi) is 4.49. The zero-order valence-corrected chi connectivity index (χ0v) is 10.0. The second-order valence-corrected chi connectivity index (χ2v) is 5.15. The van der Waals surface area contributed by atoms with Gasteiger partial charge in [0.1, 0.15) is 0 Å². The maximum absolute atomic E-state index is 5.59. The predicted octanol–water partition coefficient (Wildman–Crippen LogP) is 2.88. The van der Waals surface area contributed by atoms with Gasteiger partial charge in [0.2, 0.25) is 0 Å². The highest BCUT2D eigenvalue weighted by molar-refractivity contribution is 7.99. The first kappa shape index (κ1) is 11.6. The van der Waals surface area contributed by atoms with E-state index < -0.39 is 0 Å². The quantitative estimate of drug-likeness (QED) is 0.825. The van der Waals surface area contributed by atoms with E-state index in [2.05, 4.69) is 39.0 Å². The van der Waals surface area contributed by atoms with Crippen LogP contribution in [0.1, 0.15) is 23.6 Å². The third-order valence-corrected chi connectivity index (χ3v) is 3.71. The van der Waals surface area contributed by atoms with E-state index in [1.165, 1.54) is 16.7 Å². The Bertz CT molecular complexity index is 276. The van der Waals surface area contributed by atoms with Crippen LogP contribution in [0.15, 0.2) is 18.2 Å². The van der Waals surface area contributed by atoms with Crippen LogP contribution in [0.3, 0.4) is 0 Å². The molecule has 0 saturated heterocycles. The Balaban J connectivity index is 2.66. The molecule has 0 aromatic heterocycles. The van der Waals surface area contributed by atoms with Crippen molar-refractivity contribution < 1.29 is 0 Å². The Hall–Kier alpha value is -0.470. The summed E-state index contributed by atoms with van der Waals surface area (Å²) in [4.78, 5) is 0. The molecule has 0 saturated carbocycles. The second-order valence-electron chi connectivity index (χ2n) is 3.73. The molecule has 1 aromatic rings. The van der Waals surface area contributed by atoms with Crippen LogP contribution in [0.5, 0.6) is 0 Å². The number of rotatable bonds is 4. The number of aryl methyl sites for hydroxylation is 2. The van der Waals surface area contributed by atoms with E-state index in [0.29, 0.717) is 5.25 Å². The van der Waals surface area contributed by atoms with E-state index >= 15 is 0 Å². The maximum atomic E-state index is 5.59. The van der Waals surface area contributed by atoms with Crippen molar-refractivity contribution >= 4 is 11.8 Å². The van der Waals surface area contributed by atoms with Gasteiger partial charge in [-0.2, -0.15) is 11.8 Å². The summed E-state index contributed by atoms with van der Waals surface area (Å²) in [5.41, 5.74) is 9.84. The van der Waals surface area contributed by atoms with Gasteiger partial charge in [-0.1, -0.05) is 25.1 Å². The molecule has 0 aliphatic rings. The first-order chi connectivity index (χ1) is 6.65. The Labute approximate surface area is 91.1 Å². The minimum Gasteiger partial charge on any atom is -0.329 e. The highest BCUT2D eigenvalue weighted by Gasteiger charge is 2.04. The molecular formula is C12H19NS. The molecule has 78 valence electrons. The van der Waals surface area contributed by atoms with Crippen LogP contribution in [0.25, 0.3) is 0 Å². The highest BCUT2D eigenvalue weighted by atomic mass is 32.2. The maximum Gasteiger partial charge on any atom is 0.0192 e. The molecule has 0 spiro atoms. The van der Waals surface area contributed by atoms with Crippen LogP contribution in [0.4, 0.5) is 0 Å². The molecule has 2 N–H and O–H groups in total. The van der Waals surface area contributed by atoms with Crippen molar-refractivity contribution in [3.8, 4) is 0 Å². The zero-order valence-electron chi connectivity index (χ0n) is 9.21. The summed E-state index contributed by atoms with van der Waals surface area (Å²) in [7, 11) is 0. The molecule has 1 rings (SSSR count). The molecule has 1 unspecified atom stereocenters. The van der Waals surface area contributed by atoms with Gasteiger partial charge in [-0.15, -0.1) is 0 Å². The van der Waals surface area contributed by atoms with E-state index in [0.717, 1.165) is 12.3 Å². The smallest absolute Gasteiger partial charge is 0.0192 e. The minimum atomic E-state index is 0.550. The van der Waals surface area contributed by atoms with E-state index in [-0.39, 0.29) is 0 Å². The summed E-state index contributed by atoms with van der Waals surface area (Å²) in [6, 6.07) is 6.47. The van der Waals surface area contributed by atoms with E-state index in [1.807, 2.05) is 11.8 Å². The number of nitrogens with two attached hydrogens (primary N) is 1. The Morgan fingerprint density at radius 3 is 2.36 bits per heavy atom. The standard InChI is InChI=1S/C12H19NS/c1-9-5-4-6-10(2)12(9)8-14-11(3)7-13/h4-6,11H,7-8,13H2,1-3H3. The second kappa shape index (κ2) is 5.42. The van der Waals surface area contributed by atoms with Crippen LogP contribution in [-0.2, 0) is 5.75 Å². The SMILES string of the molecule is Cc1cccc(C)c1CSC(C)CN. The topological polar surface area (TPSA) is 26.0 Å². The lowest BCUT2D eigenvalue weighted by Gasteiger charge is -2.12. The minimum absolute atomic E-state index is 0.550. The lowest BCUT2D eigenvalue weighted by molar-refractivity contribution is 0.950. The molecule has 0 aliphatic heterocycles. The van der Waals surface area contributed by atoms with Gasteiger partial charge in [-0.25, -0.2) is 0 Å². The Morgan fingerprint density at radius 1 is 1.29 bits per heavy atom. The van der Waals surface area contributed by atoms with Crippen molar-refractivity contribution in [2.24, 2.45) is 5.73 Å². The van der Waals surface area contributed by atoms with Crippen LogP contribution in [0.2, 0.25) is 0 Å². The monoisotopic (exact) mass is 209 g/mol. The summed E-state index contributed by atoms with van der Waals surface area (Å²) < 4.78 is 0. The normalized spacial score (nSPS) is 12.9. The largest absolute Gasteiger partial charge is 0.329 e. The van der Waals surface area contributed by atoms with Crippen molar-refractivity contribution in [1.82, 2.24) is 0 Å².